The summed E-state index contributed by atoms with van der Waals surface area (Å²) in [5.41, 5.74) is 0.652. The summed E-state index contributed by atoms with van der Waals surface area (Å²) in [6.45, 7) is 0. The molecular weight excluding hydrogens is 283 g/mol. The molecule has 0 saturated heterocycles. The molecule has 1 saturated carbocycles. The van der Waals surface area contributed by atoms with Crippen LogP contribution in [0.15, 0.2) is 30.5 Å². The number of nitrogens with zero attached hydrogens (tertiary/aromatic N) is 1. The van der Waals surface area contributed by atoms with Crippen molar-refractivity contribution >= 4 is 16.9 Å². The Balaban J connectivity index is 2.03. The van der Waals surface area contributed by atoms with Crippen molar-refractivity contribution in [1.82, 2.24) is 4.57 Å². The van der Waals surface area contributed by atoms with E-state index in [1.165, 1.54) is 6.20 Å². The van der Waals surface area contributed by atoms with Crippen molar-refractivity contribution in [3.05, 3.63) is 36.0 Å². The number of halogens is 3. The van der Waals surface area contributed by atoms with Crippen molar-refractivity contribution < 1.29 is 22.7 Å². The molecule has 0 N–H and O–H groups in total. The van der Waals surface area contributed by atoms with Crippen LogP contribution in [-0.2, 0) is 16.6 Å². The van der Waals surface area contributed by atoms with Gasteiger partial charge in [-0.2, -0.15) is 13.2 Å². The highest BCUT2D eigenvalue weighted by Crippen LogP contribution is 2.42. The Morgan fingerprint density at radius 1 is 1.33 bits per heavy atom. The van der Waals surface area contributed by atoms with E-state index in [-0.39, 0.29) is 11.5 Å². The van der Waals surface area contributed by atoms with E-state index < -0.39 is 18.2 Å². The number of para-hydroxylation sites is 1. The molecule has 0 spiro atoms. The summed E-state index contributed by atoms with van der Waals surface area (Å²) in [6.07, 6.45) is -4.24. The van der Waals surface area contributed by atoms with Gasteiger partial charge in [-0.3, -0.25) is 4.79 Å². The van der Waals surface area contributed by atoms with Gasteiger partial charge in [0.05, 0.1) is 5.92 Å². The van der Waals surface area contributed by atoms with Crippen molar-refractivity contribution in [2.45, 2.75) is 25.1 Å². The number of esters is 1. The van der Waals surface area contributed by atoms with Crippen LogP contribution in [0.3, 0.4) is 0 Å². The maximum Gasteiger partial charge on any atom is 0.429 e. The van der Waals surface area contributed by atoms with E-state index in [4.69, 9.17) is 4.74 Å². The van der Waals surface area contributed by atoms with E-state index in [1.54, 1.807) is 35.9 Å². The minimum atomic E-state index is -4.63. The number of carbonyl (C=O) groups excluding carboxylic acids is 1. The summed E-state index contributed by atoms with van der Waals surface area (Å²) in [4.78, 5) is 11.6. The maximum absolute atomic E-state index is 13.3. The van der Waals surface area contributed by atoms with Gasteiger partial charge in [-0.1, -0.05) is 18.2 Å². The van der Waals surface area contributed by atoms with Crippen LogP contribution in [0.4, 0.5) is 13.2 Å². The molecule has 6 heteroatoms. The van der Waals surface area contributed by atoms with Crippen LogP contribution in [0.1, 0.15) is 24.5 Å². The monoisotopic (exact) mass is 297 g/mol. The zero-order valence-corrected chi connectivity index (χ0v) is 11.4. The van der Waals surface area contributed by atoms with Gasteiger partial charge < -0.3 is 9.30 Å². The number of alkyl halides is 3. The average molecular weight is 297 g/mol. The lowest BCUT2D eigenvalue weighted by atomic mass is 10.1. The van der Waals surface area contributed by atoms with E-state index in [1.807, 2.05) is 0 Å². The smallest absolute Gasteiger partial charge is 0.429 e. The molecule has 1 atom stereocenters. The summed E-state index contributed by atoms with van der Waals surface area (Å²) >= 11 is 0. The minimum absolute atomic E-state index is 0.0189. The maximum atomic E-state index is 13.3. The van der Waals surface area contributed by atoms with Gasteiger partial charge in [-0.25, -0.2) is 0 Å². The quantitative estimate of drug-likeness (QED) is 0.808. The molecule has 1 aliphatic carbocycles. The normalized spacial score (nSPS) is 17.0. The zero-order chi connectivity index (χ0) is 15.2. The Labute approximate surface area is 119 Å². The molecule has 1 fully saturated rings. The Bertz CT molecular complexity index is 686. The van der Waals surface area contributed by atoms with Crippen molar-refractivity contribution in [2.75, 3.05) is 0 Å². The van der Waals surface area contributed by atoms with Crippen molar-refractivity contribution in [3.63, 3.8) is 0 Å². The van der Waals surface area contributed by atoms with Gasteiger partial charge in [-0.15, -0.1) is 0 Å². The lowest BCUT2D eigenvalue weighted by Gasteiger charge is -2.20. The van der Waals surface area contributed by atoms with Gasteiger partial charge in [0.1, 0.15) is 0 Å². The fraction of sp³-hybridized carbons (Fsp3) is 0.400. The largest absolute Gasteiger partial charge is 0.447 e. The molecular formula is C15H14F3NO2. The lowest BCUT2D eigenvalue weighted by molar-refractivity contribution is -0.224. The predicted octanol–water partition coefficient (Wildman–Crippen LogP) is 3.73. The molecule has 0 unspecified atom stereocenters. The van der Waals surface area contributed by atoms with Gasteiger partial charge in [-0.05, 0) is 18.9 Å². The second-order valence-corrected chi connectivity index (χ2v) is 5.35. The predicted molar refractivity (Wildman–Crippen MR) is 70.5 cm³/mol. The lowest BCUT2D eigenvalue weighted by Crippen LogP contribution is -2.26. The average Bonchev–Trinajstić information content (AvgIpc) is 3.21. The van der Waals surface area contributed by atoms with Crippen LogP contribution >= 0.6 is 0 Å². The van der Waals surface area contributed by atoms with Crippen LogP contribution in [0.5, 0.6) is 0 Å². The number of hydrogen-bond donors (Lipinski definition) is 0. The summed E-state index contributed by atoms with van der Waals surface area (Å²) in [7, 11) is 1.67. The first-order chi connectivity index (χ1) is 9.88. The van der Waals surface area contributed by atoms with Crippen LogP contribution in [0.2, 0.25) is 0 Å². The Hall–Kier alpha value is -1.98. The summed E-state index contributed by atoms with van der Waals surface area (Å²) < 4.78 is 46.3. The number of rotatable bonds is 3. The second kappa shape index (κ2) is 4.79. The highest BCUT2D eigenvalue weighted by molar-refractivity contribution is 5.85. The molecule has 3 nitrogen and oxygen atoms in total. The third-order valence-electron chi connectivity index (χ3n) is 3.65. The van der Waals surface area contributed by atoms with Crippen LogP contribution in [0.25, 0.3) is 10.9 Å². The van der Waals surface area contributed by atoms with Crippen LogP contribution in [-0.4, -0.2) is 16.7 Å². The van der Waals surface area contributed by atoms with Gasteiger partial charge in [0.2, 0.25) is 6.10 Å². The fourth-order valence-corrected chi connectivity index (χ4v) is 2.42. The second-order valence-electron chi connectivity index (χ2n) is 5.35. The van der Waals surface area contributed by atoms with E-state index in [0.29, 0.717) is 23.7 Å². The number of hydrogen-bond acceptors (Lipinski definition) is 2. The Kier molecular flexibility index (Phi) is 3.19. The van der Waals surface area contributed by atoms with Crippen molar-refractivity contribution in [1.29, 1.82) is 0 Å². The molecule has 1 aliphatic rings. The molecule has 0 radical (unpaired) electrons. The van der Waals surface area contributed by atoms with Crippen LogP contribution in [0, 0.1) is 5.92 Å². The van der Waals surface area contributed by atoms with E-state index in [2.05, 4.69) is 0 Å². The summed E-state index contributed by atoms with van der Waals surface area (Å²) in [6, 6.07) is 6.76. The molecule has 1 aromatic carbocycles. The fourth-order valence-electron chi connectivity index (χ4n) is 2.42. The third kappa shape index (κ3) is 2.62. The van der Waals surface area contributed by atoms with Gasteiger partial charge in [0.15, 0.2) is 0 Å². The van der Waals surface area contributed by atoms with Crippen molar-refractivity contribution in [2.24, 2.45) is 13.0 Å². The molecule has 0 bridgehead atoms. The first-order valence-corrected chi connectivity index (χ1v) is 6.69. The van der Waals surface area contributed by atoms with Gasteiger partial charge in [0.25, 0.3) is 0 Å². The molecule has 112 valence electrons. The topological polar surface area (TPSA) is 31.2 Å². The molecule has 3 rings (SSSR count). The van der Waals surface area contributed by atoms with E-state index in [0.717, 1.165) is 0 Å². The number of ether oxygens (including phenoxy) is 1. The molecule has 0 aliphatic heterocycles. The minimum Gasteiger partial charge on any atom is -0.447 e. The summed E-state index contributed by atoms with van der Waals surface area (Å²) in [5, 5.41) is 0.450. The number of carbonyl (C=O) groups is 1. The highest BCUT2D eigenvalue weighted by Gasteiger charge is 2.47. The van der Waals surface area contributed by atoms with Crippen molar-refractivity contribution in [3.8, 4) is 0 Å². The third-order valence-corrected chi connectivity index (χ3v) is 3.65. The number of aryl methyl sites for hydroxylation is 1. The molecule has 1 aromatic heterocycles. The first kappa shape index (κ1) is 14.0. The number of aromatic nitrogens is 1. The van der Waals surface area contributed by atoms with E-state index >= 15 is 0 Å². The SMILES string of the molecule is Cn1cc([C@H](OC(=O)C2CC2)C(F)(F)F)c2ccccc21. The van der Waals surface area contributed by atoms with E-state index in [9.17, 15) is 18.0 Å². The molecule has 1 heterocycles. The van der Waals surface area contributed by atoms with Crippen LogP contribution < -0.4 is 0 Å². The number of fused-ring (bicyclic) bond motifs is 1. The summed E-state index contributed by atoms with van der Waals surface area (Å²) in [5.74, 6) is -1.13. The standard InChI is InChI=1S/C15H14F3NO2/c1-19-8-11(10-4-2-3-5-12(10)19)13(15(16,17)18)21-14(20)9-6-7-9/h2-5,8-9,13H,6-7H2,1H3/t13-/m0/s1. The Morgan fingerprint density at radius 2 is 2.00 bits per heavy atom. The van der Waals surface area contributed by atoms with Gasteiger partial charge >= 0.3 is 12.1 Å². The zero-order valence-electron chi connectivity index (χ0n) is 11.4. The molecule has 2 aromatic rings. The Morgan fingerprint density at radius 3 is 2.62 bits per heavy atom. The van der Waals surface area contributed by atoms with Gasteiger partial charge in [0, 0.05) is 29.7 Å². The molecule has 21 heavy (non-hydrogen) atoms. The number of benzene rings is 1. The molecule has 0 amide bonds. The first-order valence-electron chi connectivity index (χ1n) is 6.69. The highest BCUT2D eigenvalue weighted by atomic mass is 19.4.